The molecule has 29 heavy (non-hydrogen) atoms. The van der Waals surface area contributed by atoms with E-state index in [0.29, 0.717) is 11.3 Å². The summed E-state index contributed by atoms with van der Waals surface area (Å²) in [5.41, 5.74) is 7.62. The Morgan fingerprint density at radius 2 is 1.62 bits per heavy atom. The normalized spacial score (nSPS) is 10.1. The lowest BCUT2D eigenvalue weighted by Gasteiger charge is -2.10. The minimum atomic E-state index is -1.22. The number of methoxy groups -OCH3 is 2. The van der Waals surface area contributed by atoms with Crippen LogP contribution in [0.25, 0.3) is 0 Å². The molecule has 6 nitrogen and oxygen atoms in total. The number of carbonyl (C=O) groups is 1. The fraction of sp³-hybridized carbons (Fsp3) is 0.227. The summed E-state index contributed by atoms with van der Waals surface area (Å²) in [7, 11) is 2.00. The first kappa shape index (κ1) is 26.1. The minimum absolute atomic E-state index is 0.0209. The van der Waals surface area contributed by atoms with Gasteiger partial charge in [0.05, 0.1) is 14.2 Å². The van der Waals surface area contributed by atoms with E-state index in [0.717, 1.165) is 24.0 Å². The van der Waals surface area contributed by atoms with Crippen molar-refractivity contribution in [3.05, 3.63) is 85.0 Å². The van der Waals surface area contributed by atoms with Crippen molar-refractivity contribution in [3.63, 3.8) is 0 Å². The van der Waals surface area contributed by atoms with Crippen LogP contribution in [0.4, 0.5) is 0 Å². The Morgan fingerprint density at radius 1 is 1.03 bits per heavy atom. The first-order valence-corrected chi connectivity index (χ1v) is 8.98. The van der Waals surface area contributed by atoms with Crippen LogP contribution in [-0.2, 0) is 0 Å². The predicted molar refractivity (Wildman–Crippen MR) is 118 cm³/mol. The van der Waals surface area contributed by atoms with Crippen molar-refractivity contribution in [2.75, 3.05) is 14.2 Å². The highest BCUT2D eigenvalue weighted by molar-refractivity contribution is 6.41. The highest BCUT2D eigenvalue weighted by Gasteiger charge is 2.04. The van der Waals surface area contributed by atoms with E-state index in [9.17, 15) is 4.79 Å². The number of hydrogen-bond donors (Lipinski definition) is 3. The van der Waals surface area contributed by atoms with Gasteiger partial charge in [-0.05, 0) is 42.6 Å². The molecule has 7 heteroatoms. The molecule has 0 aliphatic carbocycles. The quantitative estimate of drug-likeness (QED) is 0.357. The van der Waals surface area contributed by atoms with E-state index < -0.39 is 7.12 Å². The summed E-state index contributed by atoms with van der Waals surface area (Å²) in [4.78, 5) is 10.2. The molecule has 0 spiro atoms. The van der Waals surface area contributed by atoms with Gasteiger partial charge in [0.15, 0.2) is 0 Å². The molecule has 0 saturated carbocycles. The standard InChI is InChI=1S/C11H15NO.C8H8O2.C3H7BO2/c1-3-5-11(12)9-6-4-7-10(8-9)13-2;1-10-8-4-2-3-7(5-8)6-9;1-2-3-4(5)6/h3-4,6-8,11H,1,5,12H2,2H3;2-6H,1H3;2,5-6H,1,3H2. The first-order chi connectivity index (χ1) is 13.9. The third kappa shape index (κ3) is 12.3. The third-order valence-corrected chi connectivity index (χ3v) is 3.55. The Kier molecular flexibility index (Phi) is 14.5. The van der Waals surface area contributed by atoms with Crippen LogP contribution in [-0.4, -0.2) is 37.7 Å². The van der Waals surface area contributed by atoms with Crippen molar-refractivity contribution in [3.8, 4) is 11.5 Å². The van der Waals surface area contributed by atoms with Gasteiger partial charge in [-0.15, -0.1) is 13.2 Å². The number of hydrogen-bond acceptors (Lipinski definition) is 6. The van der Waals surface area contributed by atoms with Gasteiger partial charge in [0.1, 0.15) is 17.8 Å². The van der Waals surface area contributed by atoms with Gasteiger partial charge in [-0.1, -0.05) is 36.4 Å². The Labute approximate surface area is 173 Å². The van der Waals surface area contributed by atoms with Crippen molar-refractivity contribution in [1.29, 1.82) is 0 Å². The van der Waals surface area contributed by atoms with Crippen LogP contribution in [0.3, 0.4) is 0 Å². The number of aldehydes is 1. The van der Waals surface area contributed by atoms with E-state index in [2.05, 4.69) is 13.2 Å². The van der Waals surface area contributed by atoms with Gasteiger partial charge in [0, 0.05) is 11.6 Å². The Bertz CT molecular complexity index is 737. The molecule has 4 N–H and O–H groups in total. The Balaban J connectivity index is 0.000000436. The molecule has 0 aliphatic heterocycles. The summed E-state index contributed by atoms with van der Waals surface area (Å²) in [6.07, 6.45) is 5.10. The monoisotopic (exact) mass is 399 g/mol. The summed E-state index contributed by atoms with van der Waals surface area (Å²) < 4.78 is 10.00. The van der Waals surface area contributed by atoms with Gasteiger partial charge >= 0.3 is 7.12 Å². The molecule has 1 unspecified atom stereocenters. The molecule has 156 valence electrons. The van der Waals surface area contributed by atoms with Crippen LogP contribution in [0.2, 0.25) is 6.32 Å². The van der Waals surface area contributed by atoms with Crippen molar-refractivity contribution in [2.24, 2.45) is 5.73 Å². The summed E-state index contributed by atoms with van der Waals surface area (Å²) in [5, 5.41) is 16.1. The van der Waals surface area contributed by atoms with E-state index in [4.69, 9.17) is 25.3 Å². The van der Waals surface area contributed by atoms with Gasteiger partial charge in [-0.3, -0.25) is 4.79 Å². The van der Waals surface area contributed by atoms with Gasteiger partial charge in [-0.2, -0.15) is 0 Å². The van der Waals surface area contributed by atoms with Gasteiger partial charge in [-0.25, -0.2) is 0 Å². The highest BCUT2D eigenvalue weighted by Crippen LogP contribution is 2.19. The summed E-state index contributed by atoms with van der Waals surface area (Å²) >= 11 is 0. The van der Waals surface area contributed by atoms with Crippen LogP contribution in [0.1, 0.15) is 28.4 Å². The van der Waals surface area contributed by atoms with E-state index in [-0.39, 0.29) is 12.4 Å². The maximum absolute atomic E-state index is 10.2. The summed E-state index contributed by atoms with van der Waals surface area (Å²) in [6, 6.07) is 14.8. The van der Waals surface area contributed by atoms with Crippen molar-refractivity contribution < 1.29 is 24.3 Å². The molecule has 0 saturated heterocycles. The molecule has 2 aromatic rings. The number of benzene rings is 2. The zero-order valence-corrected chi connectivity index (χ0v) is 17.0. The van der Waals surface area contributed by atoms with Crippen LogP contribution in [0.15, 0.2) is 73.8 Å². The molecule has 0 aromatic heterocycles. The van der Waals surface area contributed by atoms with Crippen molar-refractivity contribution in [2.45, 2.75) is 18.8 Å². The lowest BCUT2D eigenvalue weighted by molar-refractivity contribution is 0.112. The maximum atomic E-state index is 10.2. The minimum Gasteiger partial charge on any atom is -0.497 e. The van der Waals surface area contributed by atoms with Crippen molar-refractivity contribution >= 4 is 13.4 Å². The molecule has 0 bridgehead atoms. The highest BCUT2D eigenvalue weighted by atomic mass is 16.5. The van der Waals surface area contributed by atoms with Crippen LogP contribution < -0.4 is 15.2 Å². The average molecular weight is 399 g/mol. The van der Waals surface area contributed by atoms with E-state index >= 15 is 0 Å². The largest absolute Gasteiger partial charge is 0.497 e. The summed E-state index contributed by atoms with van der Waals surface area (Å²) in [5.74, 6) is 1.56. The second-order valence-electron chi connectivity index (χ2n) is 5.81. The number of allylic oxidation sites excluding steroid dienone is 1. The van der Waals surface area contributed by atoms with Crippen LogP contribution >= 0.6 is 0 Å². The molecule has 0 amide bonds. The average Bonchev–Trinajstić information content (AvgIpc) is 2.74. The molecular formula is C22H30BNO5. The molecule has 0 aliphatic rings. The molecule has 2 aromatic carbocycles. The zero-order chi connectivity index (χ0) is 22.1. The smallest absolute Gasteiger partial charge is 0.455 e. The molecule has 1 atom stereocenters. The van der Waals surface area contributed by atoms with Gasteiger partial charge < -0.3 is 25.3 Å². The topological polar surface area (TPSA) is 102 Å². The van der Waals surface area contributed by atoms with E-state index in [1.54, 1.807) is 38.5 Å². The predicted octanol–water partition coefficient (Wildman–Crippen LogP) is 3.42. The fourth-order valence-electron chi connectivity index (χ4n) is 2.05. The molecular weight excluding hydrogens is 369 g/mol. The van der Waals surface area contributed by atoms with Crippen molar-refractivity contribution in [1.82, 2.24) is 0 Å². The molecule has 2 rings (SSSR count). The molecule has 0 radical (unpaired) electrons. The lowest BCUT2D eigenvalue weighted by Crippen LogP contribution is -2.08. The third-order valence-electron chi connectivity index (χ3n) is 3.55. The second-order valence-corrected chi connectivity index (χ2v) is 5.81. The van der Waals surface area contributed by atoms with Crippen LogP contribution in [0.5, 0.6) is 11.5 Å². The molecule has 0 heterocycles. The SMILES string of the molecule is C=CCB(O)O.C=CCC(N)c1cccc(OC)c1.COc1cccc(C=O)c1. The van der Waals surface area contributed by atoms with Gasteiger partial charge in [0.25, 0.3) is 0 Å². The maximum Gasteiger partial charge on any atom is 0.455 e. The molecule has 0 fully saturated rings. The zero-order valence-electron chi connectivity index (χ0n) is 17.0. The number of rotatable bonds is 8. The lowest BCUT2D eigenvalue weighted by atomic mass is 9.87. The Hall–Kier alpha value is -2.87. The van der Waals surface area contributed by atoms with Gasteiger partial charge in [0.2, 0.25) is 0 Å². The number of carbonyl (C=O) groups excluding carboxylic acids is 1. The first-order valence-electron chi connectivity index (χ1n) is 8.98. The number of ether oxygens (including phenoxy) is 2. The van der Waals surface area contributed by atoms with E-state index in [1.807, 2.05) is 30.3 Å². The van der Waals surface area contributed by atoms with Crippen LogP contribution in [0, 0.1) is 0 Å². The summed E-state index contributed by atoms with van der Waals surface area (Å²) in [6.45, 7) is 6.94. The van der Waals surface area contributed by atoms with E-state index in [1.165, 1.54) is 6.08 Å². The second kappa shape index (κ2) is 16.1. The fourth-order valence-corrected chi connectivity index (χ4v) is 2.05. The Morgan fingerprint density at radius 3 is 2.07 bits per heavy atom. The number of nitrogens with two attached hydrogens (primary N) is 1.